The summed E-state index contributed by atoms with van der Waals surface area (Å²) in [5.74, 6) is 0.935. The van der Waals surface area contributed by atoms with Gasteiger partial charge in [-0.1, -0.05) is 35.3 Å². The first-order valence-corrected chi connectivity index (χ1v) is 10.9. The van der Waals surface area contributed by atoms with E-state index in [4.69, 9.17) is 27.6 Å². The molecule has 1 saturated heterocycles. The summed E-state index contributed by atoms with van der Waals surface area (Å²) in [5.41, 5.74) is 0.688. The minimum absolute atomic E-state index is 0.163. The molecule has 0 unspecified atom stereocenters. The standard InChI is InChI=1S/C20H13Cl2N3O2S2/c1-2-9-25-18(26)16(29-20(25)24-19-23-8-10-28-19)11-12-6-7-15(27-12)13-4-3-5-14(21)17(13)22/h2-8,10-11H,1,9H2. The molecule has 3 aromatic rings. The Morgan fingerprint density at radius 3 is 2.90 bits per heavy atom. The first kappa shape index (κ1) is 20.0. The molecule has 0 radical (unpaired) electrons. The van der Waals surface area contributed by atoms with Gasteiger partial charge in [0.1, 0.15) is 11.5 Å². The largest absolute Gasteiger partial charge is 0.457 e. The van der Waals surface area contributed by atoms with Crippen molar-refractivity contribution in [2.24, 2.45) is 4.99 Å². The number of amides is 1. The Kier molecular flexibility index (Phi) is 5.91. The van der Waals surface area contributed by atoms with Crippen molar-refractivity contribution in [1.82, 2.24) is 9.88 Å². The van der Waals surface area contributed by atoms with E-state index in [1.54, 1.807) is 47.5 Å². The first-order chi connectivity index (χ1) is 14.1. The van der Waals surface area contributed by atoms with Gasteiger partial charge in [-0.05, 0) is 36.0 Å². The highest BCUT2D eigenvalue weighted by molar-refractivity contribution is 8.18. The van der Waals surface area contributed by atoms with Crippen molar-refractivity contribution in [2.75, 3.05) is 6.54 Å². The second kappa shape index (κ2) is 8.59. The molecule has 1 aliphatic heterocycles. The highest BCUT2D eigenvalue weighted by atomic mass is 35.5. The Hall–Kier alpha value is -2.32. The van der Waals surface area contributed by atoms with Crippen molar-refractivity contribution in [3.05, 3.63) is 75.3 Å². The minimum atomic E-state index is -0.163. The zero-order valence-corrected chi connectivity index (χ0v) is 18.0. The third kappa shape index (κ3) is 4.18. The molecule has 0 N–H and O–H groups in total. The first-order valence-electron chi connectivity index (χ1n) is 8.41. The van der Waals surface area contributed by atoms with E-state index in [2.05, 4.69) is 16.6 Å². The SMILES string of the molecule is C=CCN1C(=O)C(=Cc2ccc(-c3cccc(Cl)c3Cl)o2)SC1=Nc1nccs1. The van der Waals surface area contributed by atoms with Crippen molar-refractivity contribution < 1.29 is 9.21 Å². The van der Waals surface area contributed by atoms with Crippen LogP contribution < -0.4 is 0 Å². The second-order valence-corrected chi connectivity index (χ2v) is 8.49. The maximum atomic E-state index is 12.8. The maximum absolute atomic E-state index is 12.8. The number of carbonyl (C=O) groups excluding carboxylic acids is 1. The molecule has 0 saturated carbocycles. The van der Waals surface area contributed by atoms with Gasteiger partial charge in [0.2, 0.25) is 5.13 Å². The summed E-state index contributed by atoms with van der Waals surface area (Å²) in [6.45, 7) is 4.07. The van der Waals surface area contributed by atoms with Gasteiger partial charge in [-0.25, -0.2) is 4.98 Å². The molecular weight excluding hydrogens is 449 g/mol. The molecule has 1 amide bonds. The Morgan fingerprint density at radius 2 is 2.14 bits per heavy atom. The Labute approximate surface area is 185 Å². The van der Waals surface area contributed by atoms with Gasteiger partial charge in [0.25, 0.3) is 5.91 Å². The van der Waals surface area contributed by atoms with Crippen LogP contribution in [-0.2, 0) is 4.79 Å². The summed E-state index contributed by atoms with van der Waals surface area (Å²) in [6.07, 6.45) is 5.02. The predicted octanol–water partition coefficient (Wildman–Crippen LogP) is 6.50. The van der Waals surface area contributed by atoms with E-state index in [1.165, 1.54) is 23.1 Å². The quantitative estimate of drug-likeness (QED) is 0.321. The van der Waals surface area contributed by atoms with E-state index in [0.717, 1.165) is 0 Å². The highest BCUT2D eigenvalue weighted by Gasteiger charge is 2.33. The minimum Gasteiger partial charge on any atom is -0.457 e. The number of rotatable bonds is 5. The Morgan fingerprint density at radius 1 is 1.28 bits per heavy atom. The molecule has 9 heteroatoms. The normalized spacial score (nSPS) is 16.9. The number of benzene rings is 1. The van der Waals surface area contributed by atoms with Crippen LogP contribution in [0.3, 0.4) is 0 Å². The molecule has 0 bridgehead atoms. The molecule has 0 atom stereocenters. The summed E-state index contributed by atoms with van der Waals surface area (Å²) < 4.78 is 5.88. The topological polar surface area (TPSA) is 58.7 Å². The molecule has 2 aromatic heterocycles. The molecular formula is C20H13Cl2N3O2S2. The summed E-state index contributed by atoms with van der Waals surface area (Å²) in [7, 11) is 0. The van der Waals surface area contributed by atoms with Crippen LogP contribution >= 0.6 is 46.3 Å². The summed E-state index contributed by atoms with van der Waals surface area (Å²) in [5, 5.41) is 3.85. The lowest BCUT2D eigenvalue weighted by atomic mass is 10.2. The van der Waals surface area contributed by atoms with Crippen molar-refractivity contribution in [2.45, 2.75) is 0 Å². The molecule has 29 heavy (non-hydrogen) atoms. The van der Waals surface area contributed by atoms with Gasteiger partial charge in [-0.3, -0.25) is 9.69 Å². The van der Waals surface area contributed by atoms with Gasteiger partial charge >= 0.3 is 0 Å². The van der Waals surface area contributed by atoms with E-state index >= 15 is 0 Å². The number of amidine groups is 1. The predicted molar refractivity (Wildman–Crippen MR) is 121 cm³/mol. The van der Waals surface area contributed by atoms with E-state index in [9.17, 15) is 4.79 Å². The number of aliphatic imine (C=N–C) groups is 1. The average Bonchev–Trinajstić information content (AvgIpc) is 3.43. The highest BCUT2D eigenvalue weighted by Crippen LogP contribution is 2.37. The zero-order valence-electron chi connectivity index (χ0n) is 14.8. The molecule has 1 aromatic carbocycles. The molecule has 4 rings (SSSR count). The van der Waals surface area contributed by atoms with Crippen molar-refractivity contribution >= 4 is 68.6 Å². The number of aromatic nitrogens is 1. The number of thioether (sulfide) groups is 1. The van der Waals surface area contributed by atoms with Crippen LogP contribution in [-0.4, -0.2) is 27.5 Å². The number of carbonyl (C=O) groups is 1. The van der Waals surface area contributed by atoms with E-state index in [1.807, 2.05) is 11.4 Å². The Balaban J connectivity index is 1.64. The van der Waals surface area contributed by atoms with E-state index in [0.29, 0.717) is 48.9 Å². The van der Waals surface area contributed by atoms with Crippen LogP contribution in [0.1, 0.15) is 5.76 Å². The third-order valence-electron chi connectivity index (χ3n) is 3.93. The van der Waals surface area contributed by atoms with Gasteiger partial charge in [0.15, 0.2) is 5.17 Å². The average molecular weight is 462 g/mol. The lowest BCUT2D eigenvalue weighted by Gasteiger charge is -2.11. The van der Waals surface area contributed by atoms with Crippen LogP contribution in [0.25, 0.3) is 17.4 Å². The fraction of sp³-hybridized carbons (Fsp3) is 0.0500. The maximum Gasteiger partial charge on any atom is 0.267 e. The fourth-order valence-electron chi connectivity index (χ4n) is 2.63. The van der Waals surface area contributed by atoms with Crippen LogP contribution in [0.15, 0.2) is 68.9 Å². The lowest BCUT2D eigenvalue weighted by Crippen LogP contribution is -2.29. The van der Waals surface area contributed by atoms with Gasteiger partial charge < -0.3 is 4.42 Å². The summed E-state index contributed by atoms with van der Waals surface area (Å²) >= 11 is 15.0. The number of halogens is 2. The third-order valence-corrected chi connectivity index (χ3v) is 6.42. The van der Waals surface area contributed by atoms with E-state index < -0.39 is 0 Å². The number of thiazole rings is 1. The molecule has 3 heterocycles. The lowest BCUT2D eigenvalue weighted by molar-refractivity contribution is -0.121. The van der Waals surface area contributed by atoms with Crippen LogP contribution in [0.4, 0.5) is 5.13 Å². The van der Waals surface area contributed by atoms with Gasteiger partial charge in [-0.15, -0.1) is 17.9 Å². The van der Waals surface area contributed by atoms with Gasteiger partial charge in [0, 0.05) is 29.8 Å². The second-order valence-electron chi connectivity index (χ2n) is 5.83. The molecule has 0 spiro atoms. The van der Waals surface area contributed by atoms with Gasteiger partial charge in [-0.2, -0.15) is 4.99 Å². The molecule has 0 aliphatic carbocycles. The molecule has 1 aliphatic rings. The van der Waals surface area contributed by atoms with Gasteiger partial charge in [0.05, 0.1) is 15.0 Å². The van der Waals surface area contributed by atoms with Crippen molar-refractivity contribution in [3.63, 3.8) is 0 Å². The number of hydrogen-bond acceptors (Lipinski definition) is 6. The summed E-state index contributed by atoms with van der Waals surface area (Å²) in [6, 6.07) is 8.91. The smallest absolute Gasteiger partial charge is 0.267 e. The van der Waals surface area contributed by atoms with Crippen LogP contribution in [0.5, 0.6) is 0 Å². The number of hydrogen-bond donors (Lipinski definition) is 0. The van der Waals surface area contributed by atoms with Crippen molar-refractivity contribution in [1.29, 1.82) is 0 Å². The molecule has 5 nitrogen and oxygen atoms in total. The summed E-state index contributed by atoms with van der Waals surface area (Å²) in [4.78, 5) is 23.5. The van der Waals surface area contributed by atoms with Crippen molar-refractivity contribution in [3.8, 4) is 11.3 Å². The Bertz CT molecular complexity index is 1140. The molecule has 146 valence electrons. The van der Waals surface area contributed by atoms with E-state index in [-0.39, 0.29) is 5.91 Å². The van der Waals surface area contributed by atoms with Crippen LogP contribution in [0, 0.1) is 0 Å². The monoisotopic (exact) mass is 461 g/mol. The number of furan rings is 1. The zero-order chi connectivity index (χ0) is 20.4. The number of nitrogens with zero attached hydrogens (tertiary/aromatic N) is 3. The molecule has 1 fully saturated rings. The van der Waals surface area contributed by atoms with Crippen LogP contribution in [0.2, 0.25) is 10.0 Å². The fourth-order valence-corrected chi connectivity index (χ4v) is 4.56.